The van der Waals surface area contributed by atoms with Crippen molar-refractivity contribution in [1.29, 1.82) is 0 Å². The SMILES string of the molecule is NCCCNCC[35SH]. The molecule has 0 aromatic carbocycles. The van der Waals surface area contributed by atoms with Gasteiger partial charge in [-0.2, -0.15) is 12.6 Å². The third-order valence-electron chi connectivity index (χ3n) is 0.846. The van der Waals surface area contributed by atoms with Gasteiger partial charge in [0.05, 0.1) is 0 Å². The lowest BCUT2D eigenvalue weighted by molar-refractivity contribution is 0.683. The van der Waals surface area contributed by atoms with Crippen molar-refractivity contribution in [3.8, 4) is 0 Å². The minimum atomic E-state index is 0.777. The highest BCUT2D eigenvalue weighted by atomic mass is 35.0. The molecule has 0 rings (SSSR count). The Kier molecular flexibility index (Phi) is 7.52. The molecule has 2 nitrogen and oxygen atoms in total. The zero-order valence-corrected chi connectivity index (χ0v) is 5.95. The molecule has 3 heteroatoms. The summed E-state index contributed by atoms with van der Waals surface area (Å²) in [5.41, 5.74) is 5.25. The maximum absolute atomic E-state index is 5.25. The van der Waals surface area contributed by atoms with Gasteiger partial charge in [0, 0.05) is 12.3 Å². The van der Waals surface area contributed by atoms with E-state index in [0.29, 0.717) is 0 Å². The van der Waals surface area contributed by atoms with E-state index in [2.05, 4.69) is 17.9 Å². The van der Waals surface area contributed by atoms with Crippen LogP contribution in [0.2, 0.25) is 0 Å². The summed E-state index contributed by atoms with van der Waals surface area (Å²) in [5, 5.41) is 3.18. The molecule has 0 heterocycles. The fraction of sp³-hybridized carbons (Fsp3) is 1.00. The molecule has 0 amide bonds. The summed E-state index contributed by atoms with van der Waals surface area (Å²) in [7, 11) is 0. The molecule has 8 heavy (non-hydrogen) atoms. The molecule has 0 bridgehead atoms. The smallest absolute Gasteiger partial charge is 0.00397 e. The molecule has 0 aromatic rings. The van der Waals surface area contributed by atoms with Gasteiger partial charge in [0.1, 0.15) is 0 Å². The van der Waals surface area contributed by atoms with E-state index in [9.17, 15) is 0 Å². The predicted molar refractivity (Wildman–Crippen MR) is 40.4 cm³/mol. The molecule has 0 saturated carbocycles. The molecule has 50 valence electrons. The van der Waals surface area contributed by atoms with Gasteiger partial charge < -0.3 is 11.1 Å². The Hall–Kier alpha value is 0.270. The Morgan fingerprint density at radius 1 is 1.38 bits per heavy atom. The molecule has 0 unspecified atom stereocenters. The summed E-state index contributed by atoms with van der Waals surface area (Å²) >= 11 is 4.03. The maximum Gasteiger partial charge on any atom is 0.00397 e. The second-order valence-corrected chi connectivity index (χ2v) is 2.06. The van der Waals surface area contributed by atoms with Crippen LogP contribution < -0.4 is 11.1 Å². The molecule has 0 saturated heterocycles. The van der Waals surface area contributed by atoms with Crippen molar-refractivity contribution in [3.05, 3.63) is 0 Å². The molecule has 3 N–H and O–H groups in total. The van der Waals surface area contributed by atoms with E-state index in [1.165, 1.54) is 0 Å². The van der Waals surface area contributed by atoms with Crippen molar-refractivity contribution in [3.63, 3.8) is 0 Å². The average Bonchev–Trinajstić information content (AvgIpc) is 1.81. The summed E-state index contributed by atoms with van der Waals surface area (Å²) in [6, 6.07) is 0. The van der Waals surface area contributed by atoms with Crippen molar-refractivity contribution in [1.82, 2.24) is 5.32 Å². The van der Waals surface area contributed by atoms with Crippen molar-refractivity contribution in [2.24, 2.45) is 5.73 Å². The van der Waals surface area contributed by atoms with Gasteiger partial charge in [0.2, 0.25) is 0 Å². The molecule has 0 radical (unpaired) electrons. The lowest BCUT2D eigenvalue weighted by atomic mass is 10.4. The number of thiol groups is 1. The van der Waals surface area contributed by atoms with Crippen LogP contribution in [-0.4, -0.2) is 25.4 Å². The summed E-state index contributed by atoms with van der Waals surface area (Å²) in [6.45, 7) is 2.79. The third-order valence-corrected chi connectivity index (χ3v) is 1.07. The normalized spacial score (nSPS) is 9.75. The molecule has 0 aliphatic heterocycles. The van der Waals surface area contributed by atoms with Gasteiger partial charge >= 0.3 is 0 Å². The molecule has 0 spiro atoms. The number of rotatable bonds is 5. The summed E-state index contributed by atoms with van der Waals surface area (Å²) in [6.07, 6.45) is 1.06. The topological polar surface area (TPSA) is 38.0 Å². The quantitative estimate of drug-likeness (QED) is 0.364. The van der Waals surface area contributed by atoms with Gasteiger partial charge in [0.25, 0.3) is 0 Å². The van der Waals surface area contributed by atoms with E-state index in [4.69, 9.17) is 5.73 Å². The minimum absolute atomic E-state index is 0.777. The third kappa shape index (κ3) is 6.27. The van der Waals surface area contributed by atoms with Gasteiger partial charge in [-0.3, -0.25) is 0 Å². The molecular weight excluding hydrogens is 123 g/mol. The zero-order chi connectivity index (χ0) is 6.24. The standard InChI is InChI=1S/C5H14N2S/c6-2-1-3-7-4-5-8/h7-8H,1-6H2/i8+3. The largest absolute Gasteiger partial charge is 0.330 e. The van der Waals surface area contributed by atoms with Crippen LogP contribution >= 0.6 is 12.6 Å². The van der Waals surface area contributed by atoms with Crippen molar-refractivity contribution in [2.45, 2.75) is 6.42 Å². The zero-order valence-electron chi connectivity index (χ0n) is 5.06. The van der Waals surface area contributed by atoms with Crippen LogP contribution in [0, 0.1) is 0 Å². The molecule has 0 fully saturated rings. The maximum atomic E-state index is 5.25. The predicted octanol–water partition coefficient (Wildman–Crippen LogP) is -0.145. The number of nitrogens with two attached hydrogens (primary N) is 1. The highest BCUT2D eigenvalue weighted by molar-refractivity contribution is 7.80. The lowest BCUT2D eigenvalue weighted by Crippen LogP contribution is -2.20. The van der Waals surface area contributed by atoms with Gasteiger partial charge in [-0.25, -0.2) is 0 Å². The second-order valence-electron chi connectivity index (χ2n) is 1.62. The first kappa shape index (κ1) is 8.27. The monoisotopic (exact) mass is 137 g/mol. The molecule has 0 aliphatic carbocycles. The molecular formula is C5H14N2S. The first-order chi connectivity index (χ1) is 3.91. The Bertz CT molecular complexity index is 35.4. The fourth-order valence-electron chi connectivity index (χ4n) is 0.431. The van der Waals surface area contributed by atoms with Crippen molar-refractivity contribution < 1.29 is 0 Å². The Balaban J connectivity index is 2.53. The van der Waals surface area contributed by atoms with Crippen LogP contribution in [0.15, 0.2) is 0 Å². The Morgan fingerprint density at radius 3 is 2.62 bits per heavy atom. The van der Waals surface area contributed by atoms with E-state index in [1.807, 2.05) is 0 Å². The van der Waals surface area contributed by atoms with E-state index >= 15 is 0 Å². The minimum Gasteiger partial charge on any atom is -0.330 e. The number of nitrogens with one attached hydrogen (secondary N) is 1. The van der Waals surface area contributed by atoms with E-state index in [-0.39, 0.29) is 0 Å². The molecule has 0 aliphatic rings. The highest BCUT2D eigenvalue weighted by Gasteiger charge is 1.80. The van der Waals surface area contributed by atoms with Crippen LogP contribution in [0.4, 0.5) is 0 Å². The van der Waals surface area contributed by atoms with Crippen LogP contribution in [-0.2, 0) is 0 Å². The van der Waals surface area contributed by atoms with Crippen LogP contribution in [0.5, 0.6) is 0 Å². The van der Waals surface area contributed by atoms with Crippen molar-refractivity contribution >= 4 is 12.6 Å². The van der Waals surface area contributed by atoms with E-state index in [1.54, 1.807) is 0 Å². The van der Waals surface area contributed by atoms with Gasteiger partial charge in [0.15, 0.2) is 0 Å². The van der Waals surface area contributed by atoms with Crippen LogP contribution in [0.1, 0.15) is 6.42 Å². The average molecular weight is 137 g/mol. The van der Waals surface area contributed by atoms with Crippen LogP contribution in [0.25, 0.3) is 0 Å². The van der Waals surface area contributed by atoms with E-state index in [0.717, 1.165) is 31.8 Å². The molecule has 0 atom stereocenters. The Morgan fingerprint density at radius 2 is 2.12 bits per heavy atom. The molecule has 0 aromatic heterocycles. The van der Waals surface area contributed by atoms with Gasteiger partial charge in [-0.15, -0.1) is 0 Å². The summed E-state index contributed by atoms with van der Waals surface area (Å²) in [4.78, 5) is 0. The van der Waals surface area contributed by atoms with Crippen LogP contribution in [0.3, 0.4) is 0 Å². The number of hydrogen-bond acceptors (Lipinski definition) is 3. The first-order valence-electron chi connectivity index (χ1n) is 2.93. The fourth-order valence-corrected chi connectivity index (χ4v) is 0.589. The summed E-state index contributed by atoms with van der Waals surface area (Å²) in [5.74, 6) is 0.907. The number of hydrogen-bond donors (Lipinski definition) is 3. The van der Waals surface area contributed by atoms with Gasteiger partial charge in [-0.1, -0.05) is 0 Å². The first-order valence-corrected chi connectivity index (χ1v) is 3.56. The van der Waals surface area contributed by atoms with E-state index < -0.39 is 0 Å². The second kappa shape index (κ2) is 7.27. The highest BCUT2D eigenvalue weighted by Crippen LogP contribution is 1.71. The Labute approximate surface area is 56.2 Å². The van der Waals surface area contributed by atoms with Crippen molar-refractivity contribution in [2.75, 3.05) is 25.4 Å². The summed E-state index contributed by atoms with van der Waals surface area (Å²) < 4.78 is 0. The lowest BCUT2D eigenvalue weighted by Gasteiger charge is -1.97. The van der Waals surface area contributed by atoms with Gasteiger partial charge in [-0.05, 0) is 19.5 Å².